The predicted molar refractivity (Wildman–Crippen MR) is 68.2 cm³/mol. The van der Waals surface area contributed by atoms with Crippen molar-refractivity contribution >= 4 is 0 Å². The van der Waals surface area contributed by atoms with Crippen molar-refractivity contribution in [1.82, 2.24) is 4.90 Å². The van der Waals surface area contributed by atoms with Crippen LogP contribution in [-0.2, 0) is 0 Å². The van der Waals surface area contributed by atoms with Crippen molar-refractivity contribution in [1.29, 1.82) is 0 Å². The highest BCUT2D eigenvalue weighted by Crippen LogP contribution is 2.31. The van der Waals surface area contributed by atoms with Gasteiger partial charge in [-0.2, -0.15) is 0 Å². The normalized spacial score (nSPS) is 20.8. The van der Waals surface area contributed by atoms with E-state index in [4.69, 9.17) is 0 Å². The summed E-state index contributed by atoms with van der Waals surface area (Å²) in [4.78, 5) is 2.69. The van der Waals surface area contributed by atoms with Gasteiger partial charge in [0.15, 0.2) is 0 Å². The second-order valence-corrected chi connectivity index (χ2v) is 4.98. The van der Waals surface area contributed by atoms with Crippen molar-refractivity contribution in [2.45, 2.75) is 71.8 Å². The van der Waals surface area contributed by atoms with Gasteiger partial charge >= 0.3 is 0 Å². The molecule has 15 heavy (non-hydrogen) atoms. The average Bonchev–Trinajstić information content (AvgIpc) is 2.30. The molecule has 1 saturated carbocycles. The smallest absolute Gasteiger partial charge is 0.0123 e. The van der Waals surface area contributed by atoms with Crippen molar-refractivity contribution in [3.8, 4) is 0 Å². The van der Waals surface area contributed by atoms with Gasteiger partial charge in [-0.05, 0) is 38.3 Å². The SMILES string of the molecule is CCCC(C1CCCCC1)N(CC)CC. The fraction of sp³-hybridized carbons (Fsp3) is 1.00. The van der Waals surface area contributed by atoms with Crippen LogP contribution in [-0.4, -0.2) is 24.0 Å². The molecule has 1 aliphatic carbocycles. The van der Waals surface area contributed by atoms with Crippen molar-refractivity contribution < 1.29 is 0 Å². The topological polar surface area (TPSA) is 3.24 Å². The first-order valence-corrected chi connectivity index (χ1v) is 7.07. The third-order valence-corrected chi connectivity index (χ3v) is 4.06. The molecule has 0 heterocycles. The van der Waals surface area contributed by atoms with Crippen LogP contribution in [0.5, 0.6) is 0 Å². The number of hydrogen-bond donors (Lipinski definition) is 0. The van der Waals surface area contributed by atoms with Crippen LogP contribution in [0.15, 0.2) is 0 Å². The van der Waals surface area contributed by atoms with Crippen molar-refractivity contribution in [2.75, 3.05) is 13.1 Å². The third kappa shape index (κ3) is 3.79. The Kier molecular flexibility index (Phi) is 6.31. The zero-order chi connectivity index (χ0) is 11.1. The van der Waals surface area contributed by atoms with E-state index >= 15 is 0 Å². The lowest BCUT2D eigenvalue weighted by atomic mass is 9.81. The Hall–Kier alpha value is -0.0400. The molecule has 0 spiro atoms. The van der Waals surface area contributed by atoms with Gasteiger partial charge in [0.2, 0.25) is 0 Å². The molecule has 0 bridgehead atoms. The summed E-state index contributed by atoms with van der Waals surface area (Å²) in [6, 6.07) is 0.880. The summed E-state index contributed by atoms with van der Waals surface area (Å²) in [5, 5.41) is 0. The van der Waals surface area contributed by atoms with Gasteiger partial charge in [0, 0.05) is 6.04 Å². The zero-order valence-corrected chi connectivity index (χ0v) is 11.0. The van der Waals surface area contributed by atoms with Crippen LogP contribution in [0.1, 0.15) is 65.7 Å². The van der Waals surface area contributed by atoms with Gasteiger partial charge in [-0.15, -0.1) is 0 Å². The van der Waals surface area contributed by atoms with E-state index in [-0.39, 0.29) is 0 Å². The molecule has 0 aromatic heterocycles. The van der Waals surface area contributed by atoms with E-state index in [2.05, 4.69) is 25.7 Å². The highest BCUT2D eigenvalue weighted by molar-refractivity contribution is 4.80. The fourth-order valence-electron chi connectivity index (χ4n) is 3.22. The minimum absolute atomic E-state index is 0.880. The van der Waals surface area contributed by atoms with Gasteiger partial charge in [0.25, 0.3) is 0 Å². The molecule has 1 atom stereocenters. The molecular formula is C14H29N. The minimum Gasteiger partial charge on any atom is -0.301 e. The highest BCUT2D eigenvalue weighted by Gasteiger charge is 2.26. The van der Waals surface area contributed by atoms with Crippen LogP contribution in [0.25, 0.3) is 0 Å². The molecule has 0 radical (unpaired) electrons. The van der Waals surface area contributed by atoms with Crippen LogP contribution >= 0.6 is 0 Å². The molecule has 1 fully saturated rings. The third-order valence-electron chi connectivity index (χ3n) is 4.06. The van der Waals surface area contributed by atoms with Crippen molar-refractivity contribution in [2.24, 2.45) is 5.92 Å². The Morgan fingerprint density at radius 3 is 2.07 bits per heavy atom. The van der Waals surface area contributed by atoms with E-state index < -0.39 is 0 Å². The Bertz CT molecular complexity index is 145. The molecule has 0 N–H and O–H groups in total. The lowest BCUT2D eigenvalue weighted by Gasteiger charge is -2.38. The quantitative estimate of drug-likeness (QED) is 0.640. The van der Waals surface area contributed by atoms with E-state index in [1.54, 1.807) is 0 Å². The van der Waals surface area contributed by atoms with E-state index in [0.29, 0.717) is 0 Å². The molecule has 90 valence electrons. The molecule has 0 aromatic rings. The maximum atomic E-state index is 2.69. The molecule has 1 rings (SSSR count). The number of nitrogens with zero attached hydrogens (tertiary/aromatic N) is 1. The maximum absolute atomic E-state index is 2.69. The van der Waals surface area contributed by atoms with E-state index in [1.807, 2.05) is 0 Å². The first-order chi connectivity index (χ1) is 7.33. The van der Waals surface area contributed by atoms with Crippen LogP contribution in [0, 0.1) is 5.92 Å². The molecular weight excluding hydrogens is 182 g/mol. The van der Waals surface area contributed by atoms with Gasteiger partial charge in [0.05, 0.1) is 0 Å². The highest BCUT2D eigenvalue weighted by atomic mass is 15.1. The van der Waals surface area contributed by atoms with Gasteiger partial charge in [-0.25, -0.2) is 0 Å². The number of rotatable bonds is 6. The summed E-state index contributed by atoms with van der Waals surface area (Å²) < 4.78 is 0. The predicted octanol–water partition coefficient (Wildman–Crippen LogP) is 4.08. The van der Waals surface area contributed by atoms with E-state index in [0.717, 1.165) is 12.0 Å². The Balaban J connectivity index is 2.53. The first-order valence-electron chi connectivity index (χ1n) is 7.07. The summed E-state index contributed by atoms with van der Waals surface area (Å²) in [6.07, 6.45) is 10.2. The van der Waals surface area contributed by atoms with E-state index in [1.165, 1.54) is 58.0 Å². The van der Waals surface area contributed by atoms with Gasteiger partial charge in [-0.1, -0.05) is 46.5 Å². The van der Waals surface area contributed by atoms with Gasteiger partial charge < -0.3 is 4.90 Å². The van der Waals surface area contributed by atoms with Gasteiger partial charge in [-0.3, -0.25) is 0 Å². The standard InChI is InChI=1S/C14H29N/c1-4-10-14(15(5-2)6-3)13-11-8-7-9-12-13/h13-14H,4-12H2,1-3H3. The number of hydrogen-bond acceptors (Lipinski definition) is 1. The molecule has 1 unspecified atom stereocenters. The Labute approximate surface area is 96.2 Å². The lowest BCUT2D eigenvalue weighted by Crippen LogP contribution is -2.41. The monoisotopic (exact) mass is 211 g/mol. The first kappa shape index (κ1) is 13.0. The average molecular weight is 211 g/mol. The summed E-state index contributed by atoms with van der Waals surface area (Å²) in [7, 11) is 0. The molecule has 0 aliphatic heterocycles. The van der Waals surface area contributed by atoms with Crippen molar-refractivity contribution in [3.05, 3.63) is 0 Å². The second-order valence-electron chi connectivity index (χ2n) is 4.98. The van der Waals surface area contributed by atoms with Gasteiger partial charge in [0.1, 0.15) is 0 Å². The summed E-state index contributed by atoms with van der Waals surface area (Å²) >= 11 is 0. The molecule has 0 aromatic carbocycles. The molecule has 0 saturated heterocycles. The molecule has 1 nitrogen and oxygen atoms in total. The molecule has 1 aliphatic rings. The second kappa shape index (κ2) is 7.27. The summed E-state index contributed by atoms with van der Waals surface area (Å²) in [5.41, 5.74) is 0. The fourth-order valence-corrected chi connectivity index (χ4v) is 3.22. The Morgan fingerprint density at radius 2 is 1.60 bits per heavy atom. The van der Waals surface area contributed by atoms with E-state index in [9.17, 15) is 0 Å². The summed E-state index contributed by atoms with van der Waals surface area (Å²) in [5.74, 6) is 0.999. The zero-order valence-electron chi connectivity index (χ0n) is 11.0. The van der Waals surface area contributed by atoms with Crippen LogP contribution in [0.3, 0.4) is 0 Å². The van der Waals surface area contributed by atoms with Crippen molar-refractivity contribution in [3.63, 3.8) is 0 Å². The maximum Gasteiger partial charge on any atom is 0.0123 e. The molecule has 0 amide bonds. The summed E-state index contributed by atoms with van der Waals surface area (Å²) in [6.45, 7) is 9.43. The lowest BCUT2D eigenvalue weighted by molar-refractivity contribution is 0.119. The molecule has 1 heteroatoms. The van der Waals surface area contributed by atoms with Crippen LogP contribution < -0.4 is 0 Å². The largest absolute Gasteiger partial charge is 0.301 e. The Morgan fingerprint density at radius 1 is 1.00 bits per heavy atom. The minimum atomic E-state index is 0.880. The van der Waals surface area contributed by atoms with Crippen LogP contribution in [0.2, 0.25) is 0 Å². The van der Waals surface area contributed by atoms with Crippen LogP contribution in [0.4, 0.5) is 0 Å².